The molecule has 0 radical (unpaired) electrons. The van der Waals surface area contributed by atoms with Gasteiger partial charge < -0.3 is 15.2 Å². The van der Waals surface area contributed by atoms with E-state index in [1.54, 1.807) is 25.1 Å². The number of carbonyl (C=O) groups excluding carboxylic acids is 1. The van der Waals surface area contributed by atoms with Gasteiger partial charge in [0.25, 0.3) is 5.56 Å². The van der Waals surface area contributed by atoms with Crippen molar-refractivity contribution >= 4 is 40.7 Å². The summed E-state index contributed by atoms with van der Waals surface area (Å²) in [6.07, 6.45) is 2.83. The lowest BCUT2D eigenvalue weighted by Crippen LogP contribution is -2.32. The molecule has 2 rings (SSSR count). The molecule has 0 atom stereocenters. The number of rotatable bonds is 7. The van der Waals surface area contributed by atoms with Crippen molar-refractivity contribution in [3.05, 3.63) is 62.0 Å². The lowest BCUT2D eigenvalue weighted by atomic mass is 10.2. The van der Waals surface area contributed by atoms with Gasteiger partial charge in [0.2, 0.25) is 0 Å². The van der Waals surface area contributed by atoms with Crippen LogP contribution in [0.3, 0.4) is 0 Å². The first-order valence-corrected chi connectivity index (χ1v) is 8.96. The lowest BCUT2D eigenvalue weighted by Gasteiger charge is -2.00. The van der Waals surface area contributed by atoms with Crippen LogP contribution in [0.2, 0.25) is 0 Å². The third kappa shape index (κ3) is 4.55. The molecule has 0 aliphatic heterocycles. The molecule has 0 fully saturated rings. The first-order valence-electron chi connectivity index (χ1n) is 8.15. The molecule has 144 valence electrons. The van der Waals surface area contributed by atoms with Crippen molar-refractivity contribution in [3.63, 3.8) is 0 Å². The maximum atomic E-state index is 12.6. The lowest BCUT2D eigenvalue weighted by molar-refractivity contribution is -0.135. The summed E-state index contributed by atoms with van der Waals surface area (Å²) in [5.41, 5.74) is 0.110. The van der Waals surface area contributed by atoms with E-state index in [2.05, 4.69) is 11.9 Å². The SMILES string of the molecule is C=CCOC(=O)C(C#N)=c1sc(=CNc2ccc(C(=O)O)cc2)c(=O)n1CC. The molecule has 0 unspecified atom stereocenters. The number of esters is 1. The average molecular weight is 399 g/mol. The third-order valence-corrected chi connectivity index (χ3v) is 4.72. The van der Waals surface area contributed by atoms with E-state index in [4.69, 9.17) is 9.84 Å². The summed E-state index contributed by atoms with van der Waals surface area (Å²) in [5.74, 6) is -1.86. The van der Waals surface area contributed by atoms with Gasteiger partial charge >= 0.3 is 11.9 Å². The normalized spacial score (nSPS) is 12.1. The van der Waals surface area contributed by atoms with Gasteiger partial charge in [-0.05, 0) is 31.2 Å². The van der Waals surface area contributed by atoms with E-state index in [9.17, 15) is 19.6 Å². The largest absolute Gasteiger partial charge is 0.478 e. The predicted octanol–water partition coefficient (Wildman–Crippen LogP) is 0.881. The zero-order chi connectivity index (χ0) is 20.7. The van der Waals surface area contributed by atoms with E-state index < -0.39 is 11.9 Å². The fourth-order valence-electron chi connectivity index (χ4n) is 2.24. The summed E-state index contributed by atoms with van der Waals surface area (Å²) in [6, 6.07) is 7.79. The van der Waals surface area contributed by atoms with Gasteiger partial charge in [-0.3, -0.25) is 9.36 Å². The number of aromatic nitrogens is 1. The van der Waals surface area contributed by atoms with Crippen LogP contribution in [0, 0.1) is 11.3 Å². The van der Waals surface area contributed by atoms with Gasteiger partial charge in [0, 0.05) is 18.4 Å². The fraction of sp³-hybridized carbons (Fsp3) is 0.158. The molecule has 0 saturated heterocycles. The van der Waals surface area contributed by atoms with Crippen LogP contribution in [-0.4, -0.2) is 28.2 Å². The van der Waals surface area contributed by atoms with Crippen LogP contribution in [0.15, 0.2) is 41.7 Å². The summed E-state index contributed by atoms with van der Waals surface area (Å²) in [6.45, 7) is 5.40. The van der Waals surface area contributed by atoms with Crippen LogP contribution in [0.25, 0.3) is 11.8 Å². The van der Waals surface area contributed by atoms with Gasteiger partial charge in [-0.25, -0.2) is 9.59 Å². The van der Waals surface area contributed by atoms with Crippen LogP contribution in [0.4, 0.5) is 5.69 Å². The zero-order valence-corrected chi connectivity index (χ0v) is 15.8. The standard InChI is InChI=1S/C19H17N3O5S/c1-3-9-27-19(26)14(10-20)17-22(4-2)16(23)15(28-17)11-21-13-7-5-12(6-8-13)18(24)25/h3,5-8,11,21H,1,4,9H2,2H3,(H,24,25). The van der Waals surface area contributed by atoms with Crippen LogP contribution in [0.1, 0.15) is 17.3 Å². The number of hydrogen-bond acceptors (Lipinski definition) is 7. The van der Waals surface area contributed by atoms with Gasteiger partial charge in [0.05, 0.1) is 5.56 Å². The number of nitrogens with one attached hydrogen (secondary N) is 1. The first kappa shape index (κ1) is 20.7. The second-order valence-electron chi connectivity index (χ2n) is 5.37. The minimum Gasteiger partial charge on any atom is -0.478 e. The summed E-state index contributed by atoms with van der Waals surface area (Å²) < 4.78 is 6.71. The van der Waals surface area contributed by atoms with Crippen molar-refractivity contribution in [1.82, 2.24) is 4.57 Å². The quantitative estimate of drug-likeness (QED) is 0.524. The van der Waals surface area contributed by atoms with Crippen molar-refractivity contribution in [2.45, 2.75) is 13.5 Å². The van der Waals surface area contributed by atoms with Gasteiger partial charge in [0.1, 0.15) is 21.9 Å². The van der Waals surface area contributed by atoms with Crippen molar-refractivity contribution in [1.29, 1.82) is 5.26 Å². The second kappa shape index (κ2) is 9.34. The molecular weight excluding hydrogens is 382 g/mol. The number of nitriles is 1. The molecule has 8 nitrogen and oxygen atoms in total. The molecular formula is C19H17N3O5S. The molecule has 0 aliphatic rings. The average Bonchev–Trinajstić information content (AvgIpc) is 3.00. The zero-order valence-electron chi connectivity index (χ0n) is 15.0. The van der Waals surface area contributed by atoms with E-state index in [0.29, 0.717) is 5.69 Å². The highest BCUT2D eigenvalue weighted by Gasteiger charge is 2.16. The Labute approximate surface area is 163 Å². The molecule has 1 aromatic carbocycles. The highest BCUT2D eigenvalue weighted by molar-refractivity contribution is 7.07. The maximum absolute atomic E-state index is 12.6. The Hall–Kier alpha value is -3.64. The van der Waals surface area contributed by atoms with Crippen molar-refractivity contribution in [2.24, 2.45) is 0 Å². The van der Waals surface area contributed by atoms with Gasteiger partial charge in [-0.2, -0.15) is 5.26 Å². The molecule has 2 N–H and O–H groups in total. The number of ether oxygens (including phenoxy) is 1. The number of anilines is 1. The van der Waals surface area contributed by atoms with Crippen molar-refractivity contribution in [3.8, 4) is 6.07 Å². The molecule has 0 bridgehead atoms. The third-order valence-electron chi connectivity index (χ3n) is 3.59. The van der Waals surface area contributed by atoms with E-state index in [1.807, 2.05) is 0 Å². The number of hydrogen-bond donors (Lipinski definition) is 2. The summed E-state index contributed by atoms with van der Waals surface area (Å²) in [7, 11) is 0. The monoisotopic (exact) mass is 399 g/mol. The number of nitrogens with zero attached hydrogens (tertiary/aromatic N) is 2. The fourth-order valence-corrected chi connectivity index (χ4v) is 3.31. The van der Waals surface area contributed by atoms with E-state index in [1.165, 1.54) is 29.0 Å². The van der Waals surface area contributed by atoms with E-state index >= 15 is 0 Å². The highest BCUT2D eigenvalue weighted by Crippen LogP contribution is 2.09. The summed E-state index contributed by atoms with van der Waals surface area (Å²) >= 11 is 0.985. The molecule has 28 heavy (non-hydrogen) atoms. The van der Waals surface area contributed by atoms with Crippen molar-refractivity contribution < 1.29 is 19.4 Å². The minimum atomic E-state index is -1.04. The second-order valence-corrected chi connectivity index (χ2v) is 6.40. The molecule has 1 heterocycles. The Morgan fingerprint density at radius 2 is 2.07 bits per heavy atom. The minimum absolute atomic E-state index is 0.0430. The molecule has 0 amide bonds. The molecule has 9 heteroatoms. The molecule has 0 aliphatic carbocycles. The van der Waals surface area contributed by atoms with Crippen LogP contribution >= 0.6 is 11.3 Å². The molecule has 1 aromatic heterocycles. The van der Waals surface area contributed by atoms with Crippen molar-refractivity contribution in [2.75, 3.05) is 11.9 Å². The summed E-state index contributed by atoms with van der Waals surface area (Å²) in [4.78, 5) is 35.5. The number of carboxylic acids is 1. The summed E-state index contributed by atoms with van der Waals surface area (Å²) in [5, 5.41) is 21.2. The Morgan fingerprint density at radius 3 is 2.61 bits per heavy atom. The number of benzene rings is 1. The Kier molecular flexibility index (Phi) is 6.90. The van der Waals surface area contributed by atoms with Crippen LogP contribution in [0.5, 0.6) is 0 Å². The predicted molar refractivity (Wildman–Crippen MR) is 105 cm³/mol. The van der Waals surface area contributed by atoms with Gasteiger partial charge in [-0.15, -0.1) is 11.3 Å². The Morgan fingerprint density at radius 1 is 1.39 bits per heavy atom. The van der Waals surface area contributed by atoms with Crippen LogP contribution in [-0.2, 0) is 16.1 Å². The highest BCUT2D eigenvalue weighted by atomic mass is 32.1. The molecule has 0 spiro atoms. The Bertz CT molecular complexity index is 1120. The first-order chi connectivity index (χ1) is 13.4. The topological polar surface area (TPSA) is 121 Å². The smallest absolute Gasteiger partial charge is 0.352 e. The number of aromatic carboxylic acids is 1. The van der Waals surface area contributed by atoms with E-state index in [-0.39, 0.29) is 39.0 Å². The number of thiazole rings is 1. The van der Waals surface area contributed by atoms with Gasteiger partial charge in [0.15, 0.2) is 5.57 Å². The Balaban J connectivity index is 2.48. The molecule has 2 aromatic rings. The maximum Gasteiger partial charge on any atom is 0.352 e. The van der Waals surface area contributed by atoms with Gasteiger partial charge in [-0.1, -0.05) is 12.7 Å². The van der Waals surface area contributed by atoms with Crippen LogP contribution < -0.4 is 20.1 Å². The number of carbonyl (C=O) groups is 2. The number of carboxylic acid groups (broad SMARTS) is 1. The van der Waals surface area contributed by atoms with E-state index in [0.717, 1.165) is 11.3 Å². The molecule has 0 saturated carbocycles.